The smallest absolute Gasteiger partial charge is 0.0644 e. The van der Waals surface area contributed by atoms with Crippen molar-refractivity contribution in [2.75, 3.05) is 33.4 Å². The van der Waals surface area contributed by atoms with E-state index in [0.717, 1.165) is 25.6 Å². The normalized spacial score (nSPS) is 18.9. The van der Waals surface area contributed by atoms with Crippen molar-refractivity contribution in [3.8, 4) is 0 Å². The van der Waals surface area contributed by atoms with Gasteiger partial charge in [-0.15, -0.1) is 0 Å². The lowest BCUT2D eigenvalue weighted by molar-refractivity contribution is -0.0114. The van der Waals surface area contributed by atoms with Crippen LogP contribution in [0, 0.1) is 5.92 Å². The van der Waals surface area contributed by atoms with Crippen LogP contribution in [-0.4, -0.2) is 39.0 Å². The summed E-state index contributed by atoms with van der Waals surface area (Å²) in [6.45, 7) is 8.28. The molecule has 96 valence electrons. The molecule has 0 aliphatic carbocycles. The Balaban J connectivity index is 1.95. The SMILES string of the molecule is COC(C)(C)CCOCCC1CCNCC1. The largest absolute Gasteiger partial charge is 0.381 e. The third-order valence-electron chi connectivity index (χ3n) is 3.53. The van der Waals surface area contributed by atoms with Crippen molar-refractivity contribution in [3.05, 3.63) is 0 Å². The third-order valence-corrected chi connectivity index (χ3v) is 3.53. The molecular weight excluding hydrogens is 202 g/mol. The second kappa shape index (κ2) is 7.25. The van der Waals surface area contributed by atoms with Gasteiger partial charge < -0.3 is 14.8 Å². The van der Waals surface area contributed by atoms with Gasteiger partial charge in [-0.1, -0.05) is 0 Å². The standard InChI is InChI=1S/C13H27NO2/c1-13(2,15-3)7-11-16-10-6-12-4-8-14-9-5-12/h12,14H,4-11H2,1-3H3. The molecule has 0 radical (unpaired) electrons. The van der Waals surface area contributed by atoms with Crippen molar-refractivity contribution in [2.45, 2.75) is 45.1 Å². The van der Waals surface area contributed by atoms with E-state index in [1.165, 1.54) is 32.4 Å². The Morgan fingerprint density at radius 3 is 2.50 bits per heavy atom. The maximum atomic E-state index is 5.67. The first-order valence-electron chi connectivity index (χ1n) is 6.48. The molecule has 0 saturated carbocycles. The number of piperidine rings is 1. The topological polar surface area (TPSA) is 30.5 Å². The van der Waals surface area contributed by atoms with E-state index in [0.29, 0.717) is 0 Å². The summed E-state index contributed by atoms with van der Waals surface area (Å²) < 4.78 is 11.0. The van der Waals surface area contributed by atoms with Crippen LogP contribution in [0.2, 0.25) is 0 Å². The Bertz CT molecular complexity index is 177. The fourth-order valence-electron chi connectivity index (χ4n) is 1.94. The van der Waals surface area contributed by atoms with Crippen LogP contribution in [0.4, 0.5) is 0 Å². The van der Waals surface area contributed by atoms with Gasteiger partial charge in [0.1, 0.15) is 0 Å². The second-order valence-corrected chi connectivity index (χ2v) is 5.31. The summed E-state index contributed by atoms with van der Waals surface area (Å²) in [5.41, 5.74) is -0.0469. The van der Waals surface area contributed by atoms with Crippen molar-refractivity contribution >= 4 is 0 Å². The van der Waals surface area contributed by atoms with Crippen LogP contribution in [0.3, 0.4) is 0 Å². The lowest BCUT2D eigenvalue weighted by Crippen LogP contribution is -2.28. The highest BCUT2D eigenvalue weighted by Crippen LogP contribution is 2.16. The monoisotopic (exact) mass is 229 g/mol. The van der Waals surface area contributed by atoms with Crippen molar-refractivity contribution < 1.29 is 9.47 Å². The Hall–Kier alpha value is -0.120. The molecule has 0 aromatic heterocycles. The molecule has 1 aliphatic heterocycles. The number of methoxy groups -OCH3 is 1. The second-order valence-electron chi connectivity index (χ2n) is 5.31. The quantitative estimate of drug-likeness (QED) is 0.679. The minimum Gasteiger partial charge on any atom is -0.381 e. The zero-order valence-corrected chi connectivity index (χ0v) is 11.1. The molecule has 0 aromatic carbocycles. The number of ether oxygens (including phenoxy) is 2. The molecule has 1 N–H and O–H groups in total. The van der Waals surface area contributed by atoms with Gasteiger partial charge in [-0.05, 0) is 58.5 Å². The summed E-state index contributed by atoms with van der Waals surface area (Å²) >= 11 is 0. The molecule has 3 nitrogen and oxygen atoms in total. The maximum absolute atomic E-state index is 5.67. The highest BCUT2D eigenvalue weighted by molar-refractivity contribution is 4.69. The molecule has 1 rings (SSSR count). The van der Waals surface area contributed by atoms with E-state index in [-0.39, 0.29) is 5.60 Å². The van der Waals surface area contributed by atoms with E-state index in [9.17, 15) is 0 Å². The lowest BCUT2D eigenvalue weighted by Gasteiger charge is -2.24. The van der Waals surface area contributed by atoms with Gasteiger partial charge in [-0.25, -0.2) is 0 Å². The average molecular weight is 229 g/mol. The summed E-state index contributed by atoms with van der Waals surface area (Å²) in [7, 11) is 1.76. The fourth-order valence-corrected chi connectivity index (χ4v) is 1.94. The Labute approximate surface area is 99.9 Å². The molecule has 1 aliphatic rings. The summed E-state index contributed by atoms with van der Waals surface area (Å²) in [5.74, 6) is 0.872. The van der Waals surface area contributed by atoms with Crippen LogP contribution in [0.15, 0.2) is 0 Å². The molecule has 0 aromatic rings. The highest BCUT2D eigenvalue weighted by atomic mass is 16.5. The minimum atomic E-state index is -0.0469. The molecule has 0 spiro atoms. The maximum Gasteiger partial charge on any atom is 0.0644 e. The van der Waals surface area contributed by atoms with E-state index in [1.54, 1.807) is 7.11 Å². The number of hydrogen-bond donors (Lipinski definition) is 1. The summed E-state index contributed by atoms with van der Waals surface area (Å²) in [4.78, 5) is 0. The van der Waals surface area contributed by atoms with Crippen molar-refractivity contribution in [2.24, 2.45) is 5.92 Å². The van der Waals surface area contributed by atoms with Gasteiger partial charge in [0.05, 0.1) is 5.60 Å². The number of hydrogen-bond acceptors (Lipinski definition) is 3. The molecule has 0 atom stereocenters. The van der Waals surface area contributed by atoms with E-state index < -0.39 is 0 Å². The van der Waals surface area contributed by atoms with Crippen LogP contribution >= 0.6 is 0 Å². The van der Waals surface area contributed by atoms with Crippen LogP contribution in [0.25, 0.3) is 0 Å². The van der Waals surface area contributed by atoms with E-state index in [4.69, 9.17) is 9.47 Å². The number of rotatable bonds is 7. The first-order valence-corrected chi connectivity index (χ1v) is 6.48. The lowest BCUT2D eigenvalue weighted by atomic mass is 9.95. The predicted molar refractivity (Wildman–Crippen MR) is 66.7 cm³/mol. The summed E-state index contributed by atoms with van der Waals surface area (Å²) in [6, 6.07) is 0. The van der Waals surface area contributed by atoms with Crippen LogP contribution in [0.5, 0.6) is 0 Å². The molecule has 0 unspecified atom stereocenters. The van der Waals surface area contributed by atoms with Crippen LogP contribution < -0.4 is 5.32 Å². The predicted octanol–water partition coefficient (Wildman–Crippen LogP) is 2.21. The molecule has 1 saturated heterocycles. The van der Waals surface area contributed by atoms with E-state index >= 15 is 0 Å². The number of nitrogens with one attached hydrogen (secondary N) is 1. The van der Waals surface area contributed by atoms with Gasteiger partial charge in [0.15, 0.2) is 0 Å². The molecule has 0 bridgehead atoms. The molecule has 16 heavy (non-hydrogen) atoms. The van der Waals surface area contributed by atoms with E-state index in [1.807, 2.05) is 0 Å². The average Bonchev–Trinajstić information content (AvgIpc) is 2.30. The van der Waals surface area contributed by atoms with Crippen LogP contribution in [-0.2, 0) is 9.47 Å². The van der Waals surface area contributed by atoms with Gasteiger partial charge in [-0.3, -0.25) is 0 Å². The van der Waals surface area contributed by atoms with Crippen LogP contribution in [0.1, 0.15) is 39.5 Å². The van der Waals surface area contributed by atoms with Gasteiger partial charge in [-0.2, -0.15) is 0 Å². The summed E-state index contributed by atoms with van der Waals surface area (Å²) in [6.07, 6.45) is 4.81. The van der Waals surface area contributed by atoms with Gasteiger partial charge >= 0.3 is 0 Å². The molecule has 0 amide bonds. The van der Waals surface area contributed by atoms with Crippen molar-refractivity contribution in [1.82, 2.24) is 5.32 Å². The Kier molecular flexibility index (Phi) is 6.32. The van der Waals surface area contributed by atoms with Gasteiger partial charge in [0, 0.05) is 20.3 Å². The first kappa shape index (κ1) is 13.9. The Morgan fingerprint density at radius 1 is 1.19 bits per heavy atom. The minimum absolute atomic E-state index is 0.0469. The third kappa shape index (κ3) is 5.83. The highest BCUT2D eigenvalue weighted by Gasteiger charge is 2.16. The molecule has 1 fully saturated rings. The molecular formula is C13H27NO2. The summed E-state index contributed by atoms with van der Waals surface area (Å²) in [5, 5.41) is 3.39. The van der Waals surface area contributed by atoms with Crippen molar-refractivity contribution in [3.63, 3.8) is 0 Å². The van der Waals surface area contributed by atoms with Crippen molar-refractivity contribution in [1.29, 1.82) is 0 Å². The zero-order chi connectivity index (χ0) is 11.9. The molecule has 3 heteroatoms. The van der Waals surface area contributed by atoms with Gasteiger partial charge in [0.2, 0.25) is 0 Å². The van der Waals surface area contributed by atoms with E-state index in [2.05, 4.69) is 19.2 Å². The fraction of sp³-hybridized carbons (Fsp3) is 1.00. The zero-order valence-electron chi connectivity index (χ0n) is 11.1. The Morgan fingerprint density at radius 2 is 1.88 bits per heavy atom. The van der Waals surface area contributed by atoms with Gasteiger partial charge in [0.25, 0.3) is 0 Å². The molecule has 1 heterocycles. The first-order chi connectivity index (χ1) is 7.64.